The van der Waals surface area contributed by atoms with Crippen molar-refractivity contribution in [1.29, 1.82) is 0 Å². The van der Waals surface area contributed by atoms with E-state index in [1.807, 2.05) is 0 Å². The lowest BCUT2D eigenvalue weighted by atomic mass is 10.2. The molecule has 0 saturated carbocycles. The Morgan fingerprint density at radius 2 is 1.52 bits per heavy atom. The molecule has 3 rings (SSSR count). The van der Waals surface area contributed by atoms with Crippen LogP contribution < -0.4 is 27.0 Å². The molecule has 0 aliphatic carbocycles. The lowest BCUT2D eigenvalue weighted by molar-refractivity contribution is 0.632. The second-order valence-electron chi connectivity index (χ2n) is 4.71. The Kier molecular flexibility index (Phi) is 3.94. The maximum absolute atomic E-state index is 13.5. The largest absolute Gasteiger partial charge is 0.329 e. The summed E-state index contributed by atoms with van der Waals surface area (Å²) in [7, 11) is 0. The summed E-state index contributed by atoms with van der Waals surface area (Å²) in [5, 5.41) is 6.72. The van der Waals surface area contributed by atoms with Gasteiger partial charge in [-0.05, 0) is 24.4 Å². The molecule has 5 nitrogen and oxygen atoms in total. The lowest BCUT2D eigenvalue weighted by Gasteiger charge is -2.06. The van der Waals surface area contributed by atoms with Crippen molar-refractivity contribution in [3.05, 3.63) is 80.2 Å². The maximum atomic E-state index is 13.5. The van der Waals surface area contributed by atoms with Crippen LogP contribution >= 0.6 is 12.2 Å². The third kappa shape index (κ3) is 2.86. The van der Waals surface area contributed by atoms with Gasteiger partial charge in [0.15, 0.2) is 10.5 Å². The van der Waals surface area contributed by atoms with E-state index in [2.05, 4.69) is 15.8 Å². The Labute approximate surface area is 134 Å². The van der Waals surface area contributed by atoms with Gasteiger partial charge >= 0.3 is 0 Å². The van der Waals surface area contributed by atoms with Gasteiger partial charge in [0.05, 0.1) is 5.69 Å². The van der Waals surface area contributed by atoms with Crippen LogP contribution in [-0.4, -0.2) is 5.11 Å². The van der Waals surface area contributed by atoms with E-state index in [0.29, 0.717) is 10.8 Å². The highest BCUT2D eigenvalue weighted by Gasteiger charge is 2.10. The lowest BCUT2D eigenvalue weighted by Crippen LogP contribution is -2.36. The number of anilines is 1. The van der Waals surface area contributed by atoms with E-state index in [4.69, 9.17) is 12.2 Å². The predicted molar refractivity (Wildman–Crippen MR) is 90.2 cm³/mol. The molecule has 114 valence electrons. The van der Waals surface area contributed by atoms with Crippen molar-refractivity contribution in [3.63, 3.8) is 0 Å². The monoisotopic (exact) mass is 327 g/mol. The fourth-order valence-corrected chi connectivity index (χ4v) is 2.31. The molecule has 7 heteroatoms. The number of fused-ring (bicyclic) bond motifs is 1. The molecule has 0 amide bonds. The average Bonchev–Trinajstić information content (AvgIpc) is 2.80. The van der Waals surface area contributed by atoms with Crippen molar-refractivity contribution in [1.82, 2.24) is 5.43 Å². The number of rotatable bonds is 2. The Balaban J connectivity index is 1.89. The van der Waals surface area contributed by atoms with Crippen molar-refractivity contribution in [3.8, 4) is 0 Å². The molecule has 0 fully saturated rings. The molecular weight excluding hydrogens is 317 g/mol. The smallest absolute Gasteiger partial charge is 0.217 e. The van der Waals surface area contributed by atoms with Crippen molar-refractivity contribution in [2.24, 2.45) is 5.10 Å². The zero-order valence-electron chi connectivity index (χ0n) is 11.7. The zero-order chi connectivity index (χ0) is 16.4. The topological polar surface area (TPSA) is 70.6 Å². The van der Waals surface area contributed by atoms with Crippen LogP contribution in [0.15, 0.2) is 63.2 Å². The molecule has 0 atom stereocenters. The number of nitrogens with one attached hydrogen (secondary N) is 2. The molecule has 0 heterocycles. The molecule has 23 heavy (non-hydrogen) atoms. The number of thiocarbonyl (C=S) groups is 1. The van der Waals surface area contributed by atoms with Gasteiger partial charge in [0.1, 0.15) is 5.82 Å². The minimum Gasteiger partial charge on any atom is -0.329 e. The first-order valence-corrected chi connectivity index (χ1v) is 7.06. The molecule has 0 aromatic heterocycles. The van der Waals surface area contributed by atoms with Crippen LogP contribution in [0.1, 0.15) is 0 Å². The highest BCUT2D eigenvalue weighted by molar-refractivity contribution is 7.80. The summed E-state index contributed by atoms with van der Waals surface area (Å²) in [4.78, 5) is 24.2. The Morgan fingerprint density at radius 1 is 0.957 bits per heavy atom. The number of nitrogens with zero attached hydrogens (tertiary/aromatic N) is 1. The first-order valence-electron chi connectivity index (χ1n) is 6.65. The zero-order valence-corrected chi connectivity index (χ0v) is 12.5. The molecule has 0 aliphatic heterocycles. The number of hydrogen-bond acceptors (Lipinski definition) is 4. The van der Waals surface area contributed by atoms with E-state index in [-0.39, 0.29) is 16.2 Å². The number of para-hydroxylation sites is 1. The van der Waals surface area contributed by atoms with Crippen LogP contribution in [0.25, 0.3) is 10.8 Å². The molecule has 0 spiro atoms. The van der Waals surface area contributed by atoms with Gasteiger partial charge in [0, 0.05) is 10.8 Å². The molecule has 0 radical (unpaired) electrons. The number of halogens is 1. The molecule has 3 aromatic rings. The summed E-state index contributed by atoms with van der Waals surface area (Å²) in [6, 6.07) is 12.4. The minimum atomic E-state index is -0.482. The van der Waals surface area contributed by atoms with Crippen LogP contribution in [-0.2, 0) is 0 Å². The quantitative estimate of drug-likeness (QED) is 0.550. The number of benzene rings is 2. The van der Waals surface area contributed by atoms with Crippen molar-refractivity contribution in [2.45, 2.75) is 0 Å². The van der Waals surface area contributed by atoms with Gasteiger partial charge in [0.2, 0.25) is 10.9 Å². The summed E-state index contributed by atoms with van der Waals surface area (Å²) < 4.78 is 13.5. The molecule has 3 aromatic carbocycles. The van der Waals surface area contributed by atoms with E-state index in [9.17, 15) is 14.0 Å². The van der Waals surface area contributed by atoms with Crippen LogP contribution in [0.2, 0.25) is 0 Å². The van der Waals surface area contributed by atoms with Gasteiger partial charge in [-0.2, -0.15) is 5.10 Å². The highest BCUT2D eigenvalue weighted by atomic mass is 32.1. The van der Waals surface area contributed by atoms with Crippen LogP contribution in [0, 0.1) is 5.82 Å². The first kappa shape index (κ1) is 15.0. The minimum absolute atomic E-state index is 0.0286. The third-order valence-electron chi connectivity index (χ3n) is 3.24. The van der Waals surface area contributed by atoms with Crippen LogP contribution in [0.4, 0.5) is 10.1 Å². The SMILES string of the molecule is O=c1c(=NNC(=S)Nc2ccccc2F)c(=O)c2ccccc12. The van der Waals surface area contributed by atoms with E-state index >= 15 is 0 Å². The van der Waals surface area contributed by atoms with Gasteiger partial charge < -0.3 is 5.32 Å². The summed E-state index contributed by atoms with van der Waals surface area (Å²) in [6.07, 6.45) is 0. The molecule has 0 saturated heterocycles. The van der Waals surface area contributed by atoms with Crippen LogP contribution in [0.5, 0.6) is 0 Å². The standard InChI is InChI=1S/C16H10FN3O2S/c17-11-7-3-4-8-12(11)18-16(23)20-19-13-14(21)9-5-1-2-6-10(9)15(13)22/h1-8H,(H2,18,20,23). The van der Waals surface area contributed by atoms with Gasteiger partial charge in [-0.25, -0.2) is 4.39 Å². The fraction of sp³-hybridized carbons (Fsp3) is 0. The normalized spacial score (nSPS) is 10.5. The fourth-order valence-electron chi connectivity index (χ4n) is 2.16. The Hall–Kier alpha value is -2.93. The van der Waals surface area contributed by atoms with E-state index < -0.39 is 16.7 Å². The summed E-state index contributed by atoms with van der Waals surface area (Å²) in [6.45, 7) is 0. The molecular formula is C16H10FN3O2S. The first-order chi connectivity index (χ1) is 11.1. The molecule has 0 unspecified atom stereocenters. The Morgan fingerprint density at radius 3 is 2.13 bits per heavy atom. The molecule has 2 N–H and O–H groups in total. The van der Waals surface area contributed by atoms with Crippen LogP contribution in [0.3, 0.4) is 0 Å². The summed E-state index contributed by atoms with van der Waals surface area (Å²) >= 11 is 4.98. The summed E-state index contributed by atoms with van der Waals surface area (Å²) in [5.74, 6) is -0.482. The van der Waals surface area contributed by atoms with Gasteiger partial charge in [-0.3, -0.25) is 15.0 Å². The second-order valence-corrected chi connectivity index (χ2v) is 5.12. The second kappa shape index (κ2) is 6.05. The third-order valence-corrected chi connectivity index (χ3v) is 3.43. The Bertz CT molecular complexity index is 1010. The summed E-state index contributed by atoms with van der Waals surface area (Å²) in [5.41, 5.74) is 1.63. The van der Waals surface area contributed by atoms with E-state index in [1.165, 1.54) is 12.1 Å². The average molecular weight is 327 g/mol. The maximum Gasteiger partial charge on any atom is 0.217 e. The van der Waals surface area contributed by atoms with E-state index in [1.54, 1.807) is 36.4 Å². The van der Waals surface area contributed by atoms with Crippen molar-refractivity contribution in [2.75, 3.05) is 5.32 Å². The van der Waals surface area contributed by atoms with Gasteiger partial charge in [-0.1, -0.05) is 36.4 Å². The van der Waals surface area contributed by atoms with Gasteiger partial charge in [-0.15, -0.1) is 0 Å². The molecule has 0 bridgehead atoms. The van der Waals surface area contributed by atoms with E-state index in [0.717, 1.165) is 0 Å². The van der Waals surface area contributed by atoms with Gasteiger partial charge in [0.25, 0.3) is 0 Å². The predicted octanol–water partition coefficient (Wildman–Crippen LogP) is 1.38. The number of hydrogen-bond donors (Lipinski definition) is 2. The molecule has 0 aliphatic rings. The highest BCUT2D eigenvalue weighted by Crippen LogP contribution is 2.11. The van der Waals surface area contributed by atoms with Crippen molar-refractivity contribution < 1.29 is 4.39 Å². The van der Waals surface area contributed by atoms with Crippen molar-refractivity contribution >= 4 is 33.8 Å².